The molecule has 0 aliphatic carbocycles. The molecule has 52 valence electrons. The van der Waals surface area contributed by atoms with Gasteiger partial charge in [0.05, 0.1) is 0 Å². The molecule has 1 heterocycles. The molecule has 2 heteroatoms. The van der Waals surface area contributed by atoms with Gasteiger partial charge in [-0.05, 0) is 34.7 Å². The van der Waals surface area contributed by atoms with Gasteiger partial charge in [0.2, 0.25) is 0 Å². The lowest BCUT2D eigenvalue weighted by Gasteiger charge is -1.94. The van der Waals surface area contributed by atoms with Crippen molar-refractivity contribution in [3.63, 3.8) is 0 Å². The third kappa shape index (κ3) is 2.10. The van der Waals surface area contributed by atoms with Crippen molar-refractivity contribution >= 4 is 22.6 Å². The van der Waals surface area contributed by atoms with E-state index in [1.54, 1.807) is 0 Å². The van der Waals surface area contributed by atoms with Crippen LogP contribution >= 0.6 is 22.6 Å². The van der Waals surface area contributed by atoms with Crippen LogP contribution in [0.5, 0.6) is 0 Å². The van der Waals surface area contributed by atoms with Crippen molar-refractivity contribution in [3.8, 4) is 0 Å². The lowest BCUT2D eigenvalue weighted by atomic mass is 10.3. The van der Waals surface area contributed by atoms with E-state index in [1.165, 1.54) is 3.57 Å². The molecule has 0 spiro atoms. The van der Waals surface area contributed by atoms with Crippen LogP contribution in [0.15, 0.2) is 31.0 Å². The first-order valence-corrected chi connectivity index (χ1v) is 4.12. The van der Waals surface area contributed by atoms with Crippen molar-refractivity contribution in [2.24, 2.45) is 0 Å². The number of aromatic nitrogens is 1. The first kappa shape index (κ1) is 7.72. The fraction of sp³-hybridized carbons (Fsp3) is 0.125. The first-order chi connectivity index (χ1) is 4.83. The topological polar surface area (TPSA) is 12.9 Å². The molecule has 0 aliphatic heterocycles. The van der Waals surface area contributed by atoms with Gasteiger partial charge in [0.25, 0.3) is 0 Å². The van der Waals surface area contributed by atoms with Gasteiger partial charge < -0.3 is 0 Å². The molecule has 0 atom stereocenters. The summed E-state index contributed by atoms with van der Waals surface area (Å²) < 4.78 is 1.23. The van der Waals surface area contributed by atoms with Gasteiger partial charge in [0, 0.05) is 21.9 Å². The smallest absolute Gasteiger partial charge is 0.0451 e. The minimum Gasteiger partial charge on any atom is -0.261 e. The molecular weight excluding hydrogens is 237 g/mol. The molecule has 1 nitrogen and oxygen atoms in total. The highest BCUT2D eigenvalue weighted by atomic mass is 127. The van der Waals surface area contributed by atoms with Gasteiger partial charge in [0.1, 0.15) is 0 Å². The van der Waals surface area contributed by atoms with Crippen LogP contribution in [-0.2, 0) is 6.42 Å². The maximum Gasteiger partial charge on any atom is 0.0451 e. The zero-order valence-electron chi connectivity index (χ0n) is 5.55. The van der Waals surface area contributed by atoms with E-state index in [-0.39, 0.29) is 0 Å². The summed E-state index contributed by atoms with van der Waals surface area (Å²) in [5.74, 6) is 0. The van der Waals surface area contributed by atoms with Crippen LogP contribution < -0.4 is 0 Å². The zero-order valence-corrected chi connectivity index (χ0v) is 7.71. The summed E-state index contributed by atoms with van der Waals surface area (Å²) in [6.45, 7) is 3.64. The third-order valence-electron chi connectivity index (χ3n) is 1.13. The Balaban J connectivity index is 2.84. The lowest BCUT2D eigenvalue weighted by Crippen LogP contribution is -1.86. The molecule has 0 fully saturated rings. The molecule has 0 unspecified atom stereocenters. The highest BCUT2D eigenvalue weighted by molar-refractivity contribution is 14.1. The number of halogens is 1. The SMILES string of the molecule is C=CCc1cc(I)ccn1. The monoisotopic (exact) mass is 245 g/mol. The molecule has 0 radical (unpaired) electrons. The second kappa shape index (κ2) is 3.71. The van der Waals surface area contributed by atoms with Crippen molar-refractivity contribution in [1.82, 2.24) is 4.98 Å². The summed E-state index contributed by atoms with van der Waals surface area (Å²) >= 11 is 2.27. The number of pyridine rings is 1. The Bertz CT molecular complexity index is 232. The predicted molar refractivity (Wildman–Crippen MR) is 50.9 cm³/mol. The molecule has 1 rings (SSSR count). The van der Waals surface area contributed by atoms with Gasteiger partial charge in [-0.2, -0.15) is 0 Å². The Hall–Kier alpha value is -0.380. The average molecular weight is 245 g/mol. The van der Waals surface area contributed by atoms with E-state index in [0.29, 0.717) is 0 Å². The van der Waals surface area contributed by atoms with E-state index < -0.39 is 0 Å². The number of hydrogen-bond donors (Lipinski definition) is 0. The van der Waals surface area contributed by atoms with Gasteiger partial charge in [-0.15, -0.1) is 6.58 Å². The molecule has 1 aromatic heterocycles. The van der Waals surface area contributed by atoms with Crippen LogP contribution in [0.1, 0.15) is 5.69 Å². The van der Waals surface area contributed by atoms with Gasteiger partial charge >= 0.3 is 0 Å². The summed E-state index contributed by atoms with van der Waals surface area (Å²) in [5, 5.41) is 0. The van der Waals surface area contributed by atoms with Crippen LogP contribution in [0.3, 0.4) is 0 Å². The summed E-state index contributed by atoms with van der Waals surface area (Å²) in [6, 6.07) is 4.04. The van der Waals surface area contributed by atoms with Gasteiger partial charge in [-0.1, -0.05) is 6.08 Å². The quantitative estimate of drug-likeness (QED) is 0.576. The van der Waals surface area contributed by atoms with Crippen molar-refractivity contribution in [2.45, 2.75) is 6.42 Å². The van der Waals surface area contributed by atoms with Gasteiger partial charge in [0.15, 0.2) is 0 Å². The molecule has 0 N–H and O–H groups in total. The van der Waals surface area contributed by atoms with E-state index in [9.17, 15) is 0 Å². The third-order valence-corrected chi connectivity index (χ3v) is 1.80. The molecule has 0 aromatic carbocycles. The molecule has 1 aromatic rings. The second-order valence-corrected chi connectivity index (χ2v) is 3.20. The minimum absolute atomic E-state index is 0.858. The Labute approximate surface area is 74.3 Å². The molecule has 0 bridgehead atoms. The van der Waals surface area contributed by atoms with E-state index >= 15 is 0 Å². The second-order valence-electron chi connectivity index (χ2n) is 1.96. The number of nitrogens with zero attached hydrogens (tertiary/aromatic N) is 1. The molecule has 0 aliphatic rings. The van der Waals surface area contributed by atoms with Crippen molar-refractivity contribution < 1.29 is 0 Å². The Morgan fingerprint density at radius 2 is 2.50 bits per heavy atom. The van der Waals surface area contributed by atoms with Crippen molar-refractivity contribution in [3.05, 3.63) is 40.2 Å². The van der Waals surface area contributed by atoms with Gasteiger partial charge in [-0.3, -0.25) is 4.98 Å². The zero-order chi connectivity index (χ0) is 7.40. The Kier molecular flexibility index (Phi) is 2.86. The summed E-state index contributed by atoms with van der Waals surface area (Å²) in [6.07, 6.45) is 4.54. The average Bonchev–Trinajstić information content (AvgIpc) is 1.88. The van der Waals surface area contributed by atoms with Crippen molar-refractivity contribution in [2.75, 3.05) is 0 Å². The summed E-state index contributed by atoms with van der Waals surface area (Å²) in [4.78, 5) is 4.15. The van der Waals surface area contributed by atoms with E-state index in [4.69, 9.17) is 0 Å². The van der Waals surface area contributed by atoms with E-state index in [2.05, 4.69) is 40.2 Å². The molecular formula is C8H8IN. The maximum atomic E-state index is 4.15. The Morgan fingerprint density at radius 3 is 3.10 bits per heavy atom. The molecule has 0 amide bonds. The number of allylic oxidation sites excluding steroid dienone is 1. The molecule has 10 heavy (non-hydrogen) atoms. The number of rotatable bonds is 2. The fourth-order valence-electron chi connectivity index (χ4n) is 0.708. The van der Waals surface area contributed by atoms with Crippen LogP contribution in [-0.4, -0.2) is 4.98 Å². The largest absolute Gasteiger partial charge is 0.261 e. The first-order valence-electron chi connectivity index (χ1n) is 3.04. The summed E-state index contributed by atoms with van der Waals surface area (Å²) in [7, 11) is 0. The van der Waals surface area contributed by atoms with Crippen LogP contribution in [0, 0.1) is 3.57 Å². The number of hydrogen-bond acceptors (Lipinski definition) is 1. The van der Waals surface area contributed by atoms with Crippen LogP contribution in [0.4, 0.5) is 0 Å². The minimum atomic E-state index is 0.858. The Morgan fingerprint density at radius 1 is 1.70 bits per heavy atom. The summed E-state index contributed by atoms with van der Waals surface area (Å²) in [5.41, 5.74) is 1.09. The lowest BCUT2D eigenvalue weighted by molar-refractivity contribution is 1.11. The molecule has 0 saturated heterocycles. The fourth-order valence-corrected chi connectivity index (χ4v) is 1.23. The maximum absolute atomic E-state index is 4.15. The van der Waals surface area contributed by atoms with E-state index in [0.717, 1.165) is 12.1 Å². The van der Waals surface area contributed by atoms with Crippen molar-refractivity contribution in [1.29, 1.82) is 0 Å². The highest BCUT2D eigenvalue weighted by Gasteiger charge is 1.90. The normalized spacial score (nSPS) is 9.30. The predicted octanol–water partition coefficient (Wildman–Crippen LogP) is 2.41. The standard InChI is InChI=1S/C8H8IN/c1-2-3-8-6-7(9)4-5-10-8/h2,4-6H,1,3H2. The van der Waals surface area contributed by atoms with Crippen LogP contribution in [0.2, 0.25) is 0 Å². The highest BCUT2D eigenvalue weighted by Crippen LogP contribution is 2.04. The van der Waals surface area contributed by atoms with Gasteiger partial charge in [-0.25, -0.2) is 0 Å². The van der Waals surface area contributed by atoms with E-state index in [1.807, 2.05) is 18.3 Å². The van der Waals surface area contributed by atoms with Crippen LogP contribution in [0.25, 0.3) is 0 Å². The molecule has 0 saturated carbocycles.